The molecule has 2 N–H and O–H groups in total. The predicted molar refractivity (Wildman–Crippen MR) is 129 cm³/mol. The highest BCUT2D eigenvalue weighted by molar-refractivity contribution is 6.04. The van der Waals surface area contributed by atoms with Gasteiger partial charge in [-0.15, -0.1) is 0 Å². The van der Waals surface area contributed by atoms with Gasteiger partial charge in [-0.2, -0.15) is 0 Å². The first kappa shape index (κ1) is 24.3. The average molecular weight is 496 g/mol. The number of aromatic nitrogens is 2. The number of aryl methyl sites for hydroxylation is 1. The van der Waals surface area contributed by atoms with Crippen LogP contribution in [0.15, 0.2) is 48.7 Å². The molecule has 0 radical (unpaired) electrons. The summed E-state index contributed by atoms with van der Waals surface area (Å²) >= 11 is 0. The number of carbonyl (C=O) groups excluding carboxylic acids is 1. The van der Waals surface area contributed by atoms with Crippen LogP contribution in [0.4, 0.5) is 14.5 Å². The summed E-state index contributed by atoms with van der Waals surface area (Å²) in [5.41, 5.74) is 3.87. The first-order valence-corrected chi connectivity index (χ1v) is 11.9. The molecule has 9 heteroatoms. The van der Waals surface area contributed by atoms with Crippen molar-refractivity contribution >= 4 is 11.6 Å². The lowest BCUT2D eigenvalue weighted by atomic mass is 9.90. The van der Waals surface area contributed by atoms with E-state index in [1.165, 1.54) is 12.3 Å². The van der Waals surface area contributed by atoms with E-state index in [1.54, 1.807) is 6.07 Å². The van der Waals surface area contributed by atoms with Gasteiger partial charge in [-0.05, 0) is 72.7 Å². The molecule has 7 nitrogen and oxygen atoms in total. The molecule has 0 bridgehead atoms. The van der Waals surface area contributed by atoms with Gasteiger partial charge in [0.05, 0.1) is 18.9 Å². The number of aliphatic hydroxyl groups is 1. The van der Waals surface area contributed by atoms with E-state index in [4.69, 9.17) is 14.5 Å². The lowest BCUT2D eigenvalue weighted by Crippen LogP contribution is -2.23. The SMILES string of the molecule is Cc1ccc(NC(=O)c2ccnc(C(F)F)c2)cc1-c1cc(OCCO)nc(C23CCOCC2C3)c1. The Morgan fingerprint density at radius 2 is 2.14 bits per heavy atom. The number of alkyl halides is 2. The molecule has 1 saturated carbocycles. The zero-order chi connectivity index (χ0) is 25.3. The maximum atomic E-state index is 13.0. The van der Waals surface area contributed by atoms with Gasteiger partial charge in [0.15, 0.2) is 0 Å². The Morgan fingerprint density at radius 1 is 1.28 bits per heavy atom. The number of benzene rings is 1. The molecule has 2 aromatic heterocycles. The molecule has 36 heavy (non-hydrogen) atoms. The molecule has 2 aliphatic rings. The van der Waals surface area contributed by atoms with Gasteiger partial charge in [0.2, 0.25) is 5.88 Å². The van der Waals surface area contributed by atoms with Crippen LogP contribution in [0.25, 0.3) is 11.1 Å². The number of aliphatic hydroxyl groups excluding tert-OH is 1. The highest BCUT2D eigenvalue weighted by Gasteiger charge is 2.57. The number of ether oxygens (including phenoxy) is 2. The zero-order valence-corrected chi connectivity index (χ0v) is 19.8. The third-order valence-electron chi connectivity index (χ3n) is 6.97. The number of nitrogens with one attached hydrogen (secondary N) is 1. The number of nitrogens with zero attached hydrogens (tertiary/aromatic N) is 2. The Morgan fingerprint density at radius 3 is 2.92 bits per heavy atom. The monoisotopic (exact) mass is 495 g/mol. The zero-order valence-electron chi connectivity index (χ0n) is 19.8. The molecule has 1 saturated heterocycles. The molecule has 2 fully saturated rings. The summed E-state index contributed by atoms with van der Waals surface area (Å²) < 4.78 is 37.3. The molecule has 2 atom stereocenters. The molecule has 2 unspecified atom stereocenters. The van der Waals surface area contributed by atoms with Crippen molar-refractivity contribution in [2.75, 3.05) is 31.7 Å². The van der Waals surface area contributed by atoms with Crippen molar-refractivity contribution in [1.82, 2.24) is 9.97 Å². The number of amides is 1. The minimum Gasteiger partial charge on any atom is -0.475 e. The number of pyridine rings is 2. The van der Waals surface area contributed by atoms with Crippen molar-refractivity contribution < 1.29 is 28.2 Å². The van der Waals surface area contributed by atoms with E-state index in [9.17, 15) is 18.7 Å². The van der Waals surface area contributed by atoms with Crippen LogP contribution in [0.1, 0.15) is 46.6 Å². The molecule has 1 amide bonds. The van der Waals surface area contributed by atoms with Crippen molar-refractivity contribution in [3.05, 3.63) is 71.2 Å². The lowest BCUT2D eigenvalue weighted by molar-refractivity contribution is 0.0792. The van der Waals surface area contributed by atoms with Gasteiger partial charge in [-0.3, -0.25) is 9.78 Å². The van der Waals surface area contributed by atoms with Crippen LogP contribution in [-0.4, -0.2) is 47.4 Å². The smallest absolute Gasteiger partial charge is 0.280 e. The van der Waals surface area contributed by atoms with Gasteiger partial charge < -0.3 is 19.9 Å². The molecular weight excluding hydrogens is 468 g/mol. The van der Waals surface area contributed by atoms with Crippen molar-refractivity contribution in [1.29, 1.82) is 0 Å². The van der Waals surface area contributed by atoms with E-state index >= 15 is 0 Å². The molecule has 3 heterocycles. The molecule has 0 spiro atoms. The number of fused-ring (bicyclic) bond motifs is 1. The van der Waals surface area contributed by atoms with Crippen molar-refractivity contribution in [3.8, 4) is 17.0 Å². The Bertz CT molecular complexity index is 1290. The molecule has 1 aliphatic heterocycles. The van der Waals surface area contributed by atoms with Crippen molar-refractivity contribution in [3.63, 3.8) is 0 Å². The van der Waals surface area contributed by atoms with E-state index in [2.05, 4.69) is 16.4 Å². The van der Waals surface area contributed by atoms with E-state index in [1.807, 2.05) is 25.1 Å². The number of anilines is 1. The van der Waals surface area contributed by atoms with Crippen LogP contribution in [0.3, 0.4) is 0 Å². The van der Waals surface area contributed by atoms with Crippen molar-refractivity contribution in [2.45, 2.75) is 31.6 Å². The minimum absolute atomic E-state index is 0.0188. The third kappa shape index (κ3) is 4.81. The minimum atomic E-state index is -2.76. The molecule has 1 aromatic carbocycles. The van der Waals surface area contributed by atoms with Crippen LogP contribution in [0.5, 0.6) is 5.88 Å². The number of rotatable bonds is 8. The highest BCUT2D eigenvalue weighted by atomic mass is 19.3. The normalized spacial score (nSPS) is 20.6. The second kappa shape index (κ2) is 9.91. The van der Waals surface area contributed by atoms with E-state index < -0.39 is 18.0 Å². The fourth-order valence-corrected chi connectivity index (χ4v) is 4.89. The van der Waals surface area contributed by atoms with Gasteiger partial charge in [0, 0.05) is 35.5 Å². The second-order valence-electron chi connectivity index (χ2n) is 9.29. The molecular formula is C27H27F2N3O4. The Hall–Kier alpha value is -3.43. The van der Waals surface area contributed by atoms with Crippen LogP contribution < -0.4 is 10.1 Å². The van der Waals surface area contributed by atoms with E-state index in [0.29, 0.717) is 24.1 Å². The summed E-state index contributed by atoms with van der Waals surface area (Å²) in [5.74, 6) is 0.372. The standard InChI is InChI=1S/C27H27F2N3O4/c1-16-2-3-20(31-26(34)17-4-6-30-22(10-17)25(28)29)13-21(16)18-11-23(32-24(12-18)36-9-7-33)27-5-8-35-15-19(27)14-27/h2-4,6,10-13,19,25,33H,5,7-9,14-15H2,1H3,(H,31,34). The second-order valence-corrected chi connectivity index (χ2v) is 9.29. The molecule has 1 aliphatic carbocycles. The summed E-state index contributed by atoms with van der Waals surface area (Å²) in [4.78, 5) is 21.1. The summed E-state index contributed by atoms with van der Waals surface area (Å²) in [6.45, 7) is 3.40. The summed E-state index contributed by atoms with van der Waals surface area (Å²) in [5, 5.41) is 12.0. The van der Waals surface area contributed by atoms with E-state index in [-0.39, 0.29) is 24.2 Å². The lowest BCUT2D eigenvalue weighted by Gasteiger charge is -2.23. The number of hydrogen-bond acceptors (Lipinski definition) is 6. The fraction of sp³-hybridized carbons (Fsp3) is 0.370. The van der Waals surface area contributed by atoms with Crippen LogP contribution in [-0.2, 0) is 10.2 Å². The van der Waals surface area contributed by atoms with Gasteiger partial charge in [-0.1, -0.05) is 6.07 Å². The number of carbonyl (C=O) groups is 1. The van der Waals surface area contributed by atoms with Gasteiger partial charge in [0.25, 0.3) is 12.3 Å². The summed E-state index contributed by atoms with van der Waals surface area (Å²) in [6, 6.07) is 11.9. The Kier molecular flexibility index (Phi) is 6.68. The van der Waals surface area contributed by atoms with E-state index in [0.717, 1.165) is 47.9 Å². The van der Waals surface area contributed by atoms with Crippen molar-refractivity contribution in [2.24, 2.45) is 5.92 Å². The largest absolute Gasteiger partial charge is 0.475 e. The summed E-state index contributed by atoms with van der Waals surface area (Å²) in [7, 11) is 0. The first-order chi connectivity index (χ1) is 17.4. The summed E-state index contributed by atoms with van der Waals surface area (Å²) in [6.07, 6.45) is 0.359. The quantitative estimate of drug-likeness (QED) is 0.471. The molecule has 3 aromatic rings. The number of halogens is 2. The van der Waals surface area contributed by atoms with Crippen LogP contribution in [0, 0.1) is 12.8 Å². The maximum absolute atomic E-state index is 13.0. The number of hydrogen-bond donors (Lipinski definition) is 2. The molecule has 5 rings (SSSR count). The fourth-order valence-electron chi connectivity index (χ4n) is 4.89. The Balaban J connectivity index is 1.46. The van der Waals surface area contributed by atoms with Gasteiger partial charge in [-0.25, -0.2) is 13.8 Å². The average Bonchev–Trinajstić information content (AvgIpc) is 3.65. The maximum Gasteiger partial charge on any atom is 0.280 e. The molecule has 188 valence electrons. The predicted octanol–water partition coefficient (Wildman–Crippen LogP) is 4.69. The topological polar surface area (TPSA) is 93.6 Å². The Labute approximate surface area is 207 Å². The first-order valence-electron chi connectivity index (χ1n) is 11.9. The van der Waals surface area contributed by atoms with Gasteiger partial charge in [0.1, 0.15) is 12.3 Å². The van der Waals surface area contributed by atoms with Crippen LogP contribution >= 0.6 is 0 Å². The third-order valence-corrected chi connectivity index (χ3v) is 6.97. The highest BCUT2D eigenvalue weighted by Crippen LogP contribution is 2.58. The van der Waals surface area contributed by atoms with Gasteiger partial charge >= 0.3 is 0 Å². The van der Waals surface area contributed by atoms with Crippen LogP contribution in [0.2, 0.25) is 0 Å².